The summed E-state index contributed by atoms with van der Waals surface area (Å²) in [7, 11) is 0. The lowest BCUT2D eigenvalue weighted by atomic mass is 9.65. The summed E-state index contributed by atoms with van der Waals surface area (Å²) < 4.78 is 5.63. The predicted octanol–water partition coefficient (Wildman–Crippen LogP) is 3.83. The Balaban J connectivity index is 1.90. The van der Waals surface area contributed by atoms with Gasteiger partial charge in [0.05, 0.1) is 5.41 Å². The van der Waals surface area contributed by atoms with E-state index in [0.29, 0.717) is 18.7 Å². The molecule has 1 aliphatic carbocycles. The smallest absolute Gasteiger partial charge is 0.316 e. The number of esters is 1. The minimum atomic E-state index is -0.347. The third kappa shape index (κ3) is 3.49. The Morgan fingerprint density at radius 1 is 1.33 bits per heavy atom. The highest BCUT2D eigenvalue weighted by molar-refractivity contribution is 7.08. The van der Waals surface area contributed by atoms with Gasteiger partial charge in [-0.05, 0) is 62.9 Å². The van der Waals surface area contributed by atoms with E-state index in [1.165, 1.54) is 0 Å². The molecule has 2 rings (SSSR count). The number of rotatable bonds is 7. The molecular weight excluding hydrogens is 282 g/mol. The number of nitrogens with zero attached hydrogens (tertiary/aromatic N) is 1. The quantitative estimate of drug-likeness (QED) is 0.717. The molecule has 0 aliphatic heterocycles. The van der Waals surface area contributed by atoms with Crippen LogP contribution in [0.5, 0.6) is 0 Å². The van der Waals surface area contributed by atoms with Gasteiger partial charge in [0.15, 0.2) is 0 Å². The third-order valence-electron chi connectivity index (χ3n) is 4.58. The molecule has 0 aromatic carbocycles. The van der Waals surface area contributed by atoms with Crippen LogP contribution >= 0.6 is 11.3 Å². The van der Waals surface area contributed by atoms with Gasteiger partial charge in [-0.3, -0.25) is 9.69 Å². The van der Waals surface area contributed by atoms with Crippen LogP contribution < -0.4 is 0 Å². The molecule has 118 valence electrons. The van der Waals surface area contributed by atoms with Crippen molar-refractivity contribution in [2.24, 2.45) is 0 Å². The van der Waals surface area contributed by atoms with E-state index in [0.717, 1.165) is 31.4 Å². The summed E-state index contributed by atoms with van der Waals surface area (Å²) in [5.41, 5.74) is 0.800. The summed E-state index contributed by atoms with van der Waals surface area (Å²) in [6.07, 6.45) is 2.98. The fourth-order valence-electron chi connectivity index (χ4n) is 3.17. The van der Waals surface area contributed by atoms with Crippen LogP contribution in [0.3, 0.4) is 0 Å². The van der Waals surface area contributed by atoms with E-state index in [9.17, 15) is 4.79 Å². The van der Waals surface area contributed by atoms with E-state index in [-0.39, 0.29) is 11.4 Å². The van der Waals surface area contributed by atoms with E-state index >= 15 is 0 Å². The molecule has 1 saturated carbocycles. The van der Waals surface area contributed by atoms with Gasteiger partial charge >= 0.3 is 5.97 Å². The van der Waals surface area contributed by atoms with Crippen LogP contribution in [0.15, 0.2) is 16.8 Å². The molecule has 0 unspecified atom stereocenters. The fourth-order valence-corrected chi connectivity index (χ4v) is 3.93. The number of carbonyl (C=O) groups is 1. The number of thiophene rings is 1. The molecule has 0 spiro atoms. The van der Waals surface area contributed by atoms with Crippen LogP contribution in [0.25, 0.3) is 0 Å². The van der Waals surface area contributed by atoms with Crippen molar-refractivity contribution >= 4 is 17.3 Å². The average Bonchev–Trinajstić information content (AvgIpc) is 2.86. The van der Waals surface area contributed by atoms with Gasteiger partial charge in [-0.2, -0.15) is 11.3 Å². The Hall–Kier alpha value is -0.870. The van der Waals surface area contributed by atoms with Crippen molar-refractivity contribution in [1.82, 2.24) is 4.90 Å². The summed E-state index contributed by atoms with van der Waals surface area (Å²) in [6.45, 7) is 10.0. The highest BCUT2D eigenvalue weighted by atomic mass is 32.1. The first kappa shape index (κ1) is 16.5. The molecule has 0 amide bonds. The first-order valence-electron chi connectivity index (χ1n) is 7.93. The normalized spacial score (nSPS) is 17.3. The molecule has 21 heavy (non-hydrogen) atoms. The molecular formula is C17H27NO2S. The molecule has 0 saturated heterocycles. The molecule has 0 bridgehead atoms. The summed E-state index contributed by atoms with van der Waals surface area (Å²) in [5.74, 6) is -0.0281. The summed E-state index contributed by atoms with van der Waals surface area (Å²) in [4.78, 5) is 14.9. The SMILES string of the molecule is CC(C)N(CCOC(=O)C1(c2ccsc2)CCC1)C(C)C. The first-order chi connectivity index (χ1) is 9.97. The van der Waals surface area contributed by atoms with Crippen LogP contribution in [-0.2, 0) is 14.9 Å². The zero-order valence-electron chi connectivity index (χ0n) is 13.6. The molecule has 1 heterocycles. The Labute approximate surface area is 132 Å². The van der Waals surface area contributed by atoms with Gasteiger partial charge in [0.1, 0.15) is 6.61 Å². The predicted molar refractivity (Wildman–Crippen MR) is 87.8 cm³/mol. The van der Waals surface area contributed by atoms with Crippen LogP contribution in [-0.4, -0.2) is 36.1 Å². The van der Waals surface area contributed by atoms with E-state index in [2.05, 4.69) is 44.0 Å². The van der Waals surface area contributed by atoms with E-state index in [1.807, 2.05) is 5.38 Å². The summed E-state index contributed by atoms with van der Waals surface area (Å²) in [5, 5.41) is 4.14. The number of ether oxygens (including phenoxy) is 1. The molecule has 1 aromatic rings. The maximum absolute atomic E-state index is 12.5. The number of hydrogen-bond donors (Lipinski definition) is 0. The second-order valence-electron chi connectivity index (χ2n) is 6.51. The molecule has 1 aromatic heterocycles. The van der Waals surface area contributed by atoms with Crippen LogP contribution in [0.4, 0.5) is 0 Å². The molecule has 0 N–H and O–H groups in total. The highest BCUT2D eigenvalue weighted by Gasteiger charge is 2.47. The summed E-state index contributed by atoms with van der Waals surface area (Å²) in [6, 6.07) is 3.01. The molecule has 4 heteroatoms. The van der Waals surface area contributed by atoms with Crippen molar-refractivity contribution in [2.75, 3.05) is 13.2 Å². The highest BCUT2D eigenvalue weighted by Crippen LogP contribution is 2.45. The number of carbonyl (C=O) groups excluding carboxylic acids is 1. The minimum Gasteiger partial charge on any atom is -0.464 e. The van der Waals surface area contributed by atoms with E-state index < -0.39 is 0 Å². The lowest BCUT2D eigenvalue weighted by Crippen LogP contribution is -2.45. The van der Waals surface area contributed by atoms with Crippen molar-refractivity contribution < 1.29 is 9.53 Å². The first-order valence-corrected chi connectivity index (χ1v) is 8.87. The lowest BCUT2D eigenvalue weighted by Gasteiger charge is -2.39. The Bertz CT molecular complexity index is 441. The van der Waals surface area contributed by atoms with Crippen molar-refractivity contribution in [3.8, 4) is 0 Å². The average molecular weight is 309 g/mol. The zero-order chi connectivity index (χ0) is 15.5. The summed E-state index contributed by atoms with van der Waals surface area (Å²) >= 11 is 1.65. The van der Waals surface area contributed by atoms with Gasteiger partial charge < -0.3 is 4.74 Å². The second kappa shape index (κ2) is 6.93. The van der Waals surface area contributed by atoms with Crippen molar-refractivity contribution in [3.63, 3.8) is 0 Å². The van der Waals surface area contributed by atoms with E-state index in [1.54, 1.807) is 11.3 Å². The molecule has 0 atom stereocenters. The molecule has 3 nitrogen and oxygen atoms in total. The van der Waals surface area contributed by atoms with Gasteiger partial charge in [0, 0.05) is 18.6 Å². The maximum atomic E-state index is 12.5. The largest absolute Gasteiger partial charge is 0.464 e. The van der Waals surface area contributed by atoms with Crippen LogP contribution in [0.1, 0.15) is 52.5 Å². The van der Waals surface area contributed by atoms with Crippen LogP contribution in [0, 0.1) is 0 Å². The second-order valence-corrected chi connectivity index (χ2v) is 7.29. The standard InChI is InChI=1S/C17H27NO2S/c1-13(2)18(14(3)4)9-10-20-16(19)17(7-5-8-17)15-6-11-21-12-15/h6,11-14H,5,7-10H2,1-4H3. The lowest BCUT2D eigenvalue weighted by molar-refractivity contribution is -0.155. The van der Waals surface area contributed by atoms with Crippen LogP contribution in [0.2, 0.25) is 0 Å². The van der Waals surface area contributed by atoms with E-state index in [4.69, 9.17) is 4.74 Å². The van der Waals surface area contributed by atoms with Crippen molar-refractivity contribution in [1.29, 1.82) is 0 Å². The molecule has 1 fully saturated rings. The van der Waals surface area contributed by atoms with Crippen molar-refractivity contribution in [2.45, 2.75) is 64.5 Å². The van der Waals surface area contributed by atoms with Crippen molar-refractivity contribution in [3.05, 3.63) is 22.4 Å². The topological polar surface area (TPSA) is 29.5 Å². The third-order valence-corrected chi connectivity index (χ3v) is 5.26. The maximum Gasteiger partial charge on any atom is 0.316 e. The Morgan fingerprint density at radius 2 is 2.00 bits per heavy atom. The number of hydrogen-bond acceptors (Lipinski definition) is 4. The van der Waals surface area contributed by atoms with Gasteiger partial charge in [0.25, 0.3) is 0 Å². The van der Waals surface area contributed by atoms with Gasteiger partial charge in [-0.15, -0.1) is 0 Å². The Kier molecular flexibility index (Phi) is 5.44. The fraction of sp³-hybridized carbons (Fsp3) is 0.706. The molecule has 1 aliphatic rings. The van der Waals surface area contributed by atoms with Gasteiger partial charge in [0.2, 0.25) is 0 Å². The minimum absolute atomic E-state index is 0.0281. The Morgan fingerprint density at radius 3 is 2.43 bits per heavy atom. The van der Waals surface area contributed by atoms with Gasteiger partial charge in [-0.25, -0.2) is 0 Å². The van der Waals surface area contributed by atoms with Gasteiger partial charge in [-0.1, -0.05) is 6.42 Å². The molecule has 0 radical (unpaired) electrons. The monoisotopic (exact) mass is 309 g/mol. The zero-order valence-corrected chi connectivity index (χ0v) is 14.4.